The first-order chi connectivity index (χ1) is 14.9. The normalized spacial score (nSPS) is 21.5. The second-order valence-corrected chi connectivity index (χ2v) is 10.2. The number of sulfonamides is 1. The molecule has 0 radical (unpaired) electrons. The van der Waals surface area contributed by atoms with Crippen molar-refractivity contribution in [3.05, 3.63) is 36.0 Å². The number of fused-ring (bicyclic) bond motifs is 1. The first kappa shape index (κ1) is 22.1. The van der Waals surface area contributed by atoms with Crippen LogP contribution in [0.5, 0.6) is 0 Å². The topological polar surface area (TPSA) is 83.1 Å². The fourth-order valence-electron chi connectivity index (χ4n) is 4.20. The van der Waals surface area contributed by atoms with Crippen molar-refractivity contribution in [2.75, 3.05) is 52.4 Å². The van der Waals surface area contributed by atoms with Crippen molar-refractivity contribution in [1.82, 2.24) is 19.1 Å². The summed E-state index contributed by atoms with van der Waals surface area (Å²) in [4.78, 5) is 21.2. The lowest BCUT2D eigenvalue weighted by Crippen LogP contribution is -2.53. The third-order valence-electron chi connectivity index (χ3n) is 6.07. The lowest BCUT2D eigenvalue weighted by Gasteiger charge is -2.36. The van der Waals surface area contributed by atoms with Crippen LogP contribution in [0.1, 0.15) is 18.9 Å². The van der Waals surface area contributed by atoms with E-state index in [-0.39, 0.29) is 16.9 Å². The Morgan fingerprint density at radius 2 is 1.97 bits per heavy atom. The van der Waals surface area contributed by atoms with Crippen LogP contribution in [0.2, 0.25) is 0 Å². The number of carbonyl (C=O) groups is 1. The van der Waals surface area contributed by atoms with Crippen molar-refractivity contribution in [3.63, 3.8) is 0 Å². The molecule has 0 spiro atoms. The highest BCUT2D eigenvalue weighted by atomic mass is 32.2. The Balaban J connectivity index is 1.40. The molecule has 0 saturated carbocycles. The van der Waals surface area contributed by atoms with E-state index in [4.69, 9.17) is 4.74 Å². The molecule has 4 rings (SSSR count). The van der Waals surface area contributed by atoms with Gasteiger partial charge in [-0.15, -0.1) is 0 Å². The van der Waals surface area contributed by atoms with Crippen molar-refractivity contribution >= 4 is 26.8 Å². The maximum absolute atomic E-state index is 13.3. The Bertz CT molecular complexity index is 1050. The van der Waals surface area contributed by atoms with Gasteiger partial charge < -0.3 is 9.64 Å². The first-order valence-electron chi connectivity index (χ1n) is 10.9. The molecule has 1 aromatic heterocycles. The van der Waals surface area contributed by atoms with Crippen molar-refractivity contribution in [3.8, 4) is 0 Å². The highest BCUT2D eigenvalue weighted by molar-refractivity contribution is 7.89. The highest BCUT2D eigenvalue weighted by Gasteiger charge is 2.32. The molecule has 2 saturated heterocycles. The van der Waals surface area contributed by atoms with Crippen molar-refractivity contribution < 1.29 is 17.9 Å². The zero-order valence-electron chi connectivity index (χ0n) is 18.2. The molecule has 0 bridgehead atoms. The van der Waals surface area contributed by atoms with Crippen molar-refractivity contribution in [2.45, 2.75) is 31.3 Å². The number of hydrogen-bond donors (Lipinski definition) is 0. The quantitative estimate of drug-likeness (QED) is 0.692. The summed E-state index contributed by atoms with van der Waals surface area (Å²) in [6.45, 7) is 7.94. The van der Waals surface area contributed by atoms with Crippen molar-refractivity contribution in [2.24, 2.45) is 0 Å². The summed E-state index contributed by atoms with van der Waals surface area (Å²) >= 11 is 0. The number of aryl methyl sites for hydroxylation is 1. The number of aromatic nitrogens is 1. The van der Waals surface area contributed by atoms with E-state index in [1.165, 1.54) is 4.31 Å². The molecule has 9 heteroatoms. The maximum atomic E-state index is 13.3. The minimum absolute atomic E-state index is 0.0895. The molecule has 8 nitrogen and oxygen atoms in total. The third kappa shape index (κ3) is 4.74. The van der Waals surface area contributed by atoms with Gasteiger partial charge in [0.15, 0.2) is 0 Å². The zero-order chi connectivity index (χ0) is 22.0. The number of amides is 1. The van der Waals surface area contributed by atoms with Crippen LogP contribution in [0, 0.1) is 6.92 Å². The van der Waals surface area contributed by atoms with Gasteiger partial charge in [-0.3, -0.25) is 14.7 Å². The monoisotopic (exact) mass is 446 g/mol. The smallest absolute Gasteiger partial charge is 0.245 e. The van der Waals surface area contributed by atoms with Crippen molar-refractivity contribution in [1.29, 1.82) is 0 Å². The molecule has 3 heterocycles. The predicted molar refractivity (Wildman–Crippen MR) is 118 cm³/mol. The lowest BCUT2D eigenvalue weighted by molar-refractivity contribution is -0.140. The average Bonchev–Trinajstić information content (AvgIpc) is 2.78. The molecule has 2 aliphatic heterocycles. The number of ether oxygens (including phenoxy) is 1. The number of para-hydroxylation sites is 1. The molecule has 168 valence electrons. The number of pyridine rings is 1. The number of benzene rings is 1. The summed E-state index contributed by atoms with van der Waals surface area (Å²) in [5.41, 5.74) is 1.49. The largest absolute Gasteiger partial charge is 0.375 e. The maximum Gasteiger partial charge on any atom is 0.245 e. The Hall–Kier alpha value is -2.07. The van der Waals surface area contributed by atoms with E-state index >= 15 is 0 Å². The molecule has 31 heavy (non-hydrogen) atoms. The van der Waals surface area contributed by atoms with E-state index in [0.717, 1.165) is 17.4 Å². The minimum Gasteiger partial charge on any atom is -0.375 e. The van der Waals surface area contributed by atoms with Gasteiger partial charge in [0.2, 0.25) is 15.9 Å². The van der Waals surface area contributed by atoms with Gasteiger partial charge in [0.05, 0.1) is 24.8 Å². The highest BCUT2D eigenvalue weighted by Crippen LogP contribution is 2.25. The van der Waals surface area contributed by atoms with E-state index in [0.29, 0.717) is 57.9 Å². The summed E-state index contributed by atoms with van der Waals surface area (Å²) in [7, 11) is -3.65. The van der Waals surface area contributed by atoms with Crippen LogP contribution >= 0.6 is 0 Å². The van der Waals surface area contributed by atoms with Gasteiger partial charge in [0, 0.05) is 50.9 Å². The lowest BCUT2D eigenvalue weighted by atomic mass is 10.2. The van der Waals surface area contributed by atoms with Gasteiger partial charge in [-0.25, -0.2) is 8.42 Å². The summed E-state index contributed by atoms with van der Waals surface area (Å²) < 4.78 is 33.8. The number of piperazine rings is 1. The number of morpholine rings is 1. The van der Waals surface area contributed by atoms with Gasteiger partial charge in [-0.05, 0) is 31.0 Å². The van der Waals surface area contributed by atoms with Gasteiger partial charge >= 0.3 is 0 Å². The zero-order valence-corrected chi connectivity index (χ0v) is 19.0. The van der Waals surface area contributed by atoms with E-state index < -0.39 is 10.0 Å². The summed E-state index contributed by atoms with van der Waals surface area (Å²) in [6, 6.07) is 7.21. The fraction of sp³-hybridized carbons (Fsp3) is 0.545. The average molecular weight is 447 g/mol. The Morgan fingerprint density at radius 3 is 2.71 bits per heavy atom. The number of nitrogens with zero attached hydrogens (tertiary/aromatic N) is 4. The molecule has 2 aromatic rings. The third-order valence-corrected chi connectivity index (χ3v) is 8.00. The Morgan fingerprint density at radius 1 is 1.19 bits per heavy atom. The molecule has 1 aromatic carbocycles. The Labute approximate surface area is 183 Å². The van der Waals surface area contributed by atoms with Gasteiger partial charge in [0.25, 0.3) is 0 Å². The van der Waals surface area contributed by atoms with E-state index in [1.807, 2.05) is 28.9 Å². The molecule has 1 atom stereocenters. The van der Waals surface area contributed by atoms with Crippen LogP contribution in [0.25, 0.3) is 10.9 Å². The number of carbonyl (C=O) groups excluding carboxylic acids is 1. The molecule has 0 N–H and O–H groups in total. The van der Waals surface area contributed by atoms with E-state index in [1.54, 1.807) is 18.3 Å². The Kier molecular flexibility index (Phi) is 6.57. The molecule has 1 unspecified atom stereocenters. The second-order valence-electron chi connectivity index (χ2n) is 8.26. The van der Waals surface area contributed by atoms with Crippen LogP contribution in [-0.2, 0) is 19.6 Å². The van der Waals surface area contributed by atoms with Gasteiger partial charge in [0.1, 0.15) is 4.90 Å². The second kappa shape index (κ2) is 9.20. The van der Waals surface area contributed by atoms with Gasteiger partial charge in [-0.1, -0.05) is 19.1 Å². The van der Waals surface area contributed by atoms with Crippen LogP contribution in [0.3, 0.4) is 0 Å². The standard InChI is InChI=1S/C22H30N4O4S/c1-3-19-15-25(11-12-30-19)21(27)16-24-7-9-26(10-8-24)31(28,29)20-6-4-5-18-13-17(2)14-23-22(18)20/h4-6,13-14,19H,3,7-12,15-16H2,1-2H3. The molecule has 1 amide bonds. The summed E-state index contributed by atoms with van der Waals surface area (Å²) in [5, 5.41) is 0.821. The number of hydrogen-bond acceptors (Lipinski definition) is 6. The molecule has 0 aliphatic carbocycles. The first-order valence-corrected chi connectivity index (χ1v) is 12.3. The number of rotatable bonds is 5. The summed E-state index contributed by atoms with van der Waals surface area (Å²) in [6.07, 6.45) is 2.69. The molecule has 2 fully saturated rings. The van der Waals surface area contributed by atoms with Crippen LogP contribution in [0.15, 0.2) is 35.4 Å². The molecule has 2 aliphatic rings. The van der Waals surface area contributed by atoms with Crippen LogP contribution in [-0.4, -0.2) is 91.9 Å². The SMILES string of the molecule is CCC1CN(C(=O)CN2CCN(S(=O)(=O)c3cccc4cc(C)cnc34)CC2)CCO1. The predicted octanol–water partition coefficient (Wildman–Crippen LogP) is 1.49. The fourth-order valence-corrected chi connectivity index (χ4v) is 5.79. The molecular formula is C22H30N4O4S. The van der Waals surface area contributed by atoms with E-state index in [2.05, 4.69) is 11.9 Å². The van der Waals surface area contributed by atoms with Crippen LogP contribution in [0.4, 0.5) is 0 Å². The van der Waals surface area contributed by atoms with Gasteiger partial charge in [-0.2, -0.15) is 4.31 Å². The molecular weight excluding hydrogens is 416 g/mol. The minimum atomic E-state index is -3.65. The summed E-state index contributed by atoms with van der Waals surface area (Å²) in [5.74, 6) is 0.0895. The van der Waals surface area contributed by atoms with Crippen LogP contribution < -0.4 is 0 Å². The van der Waals surface area contributed by atoms with E-state index in [9.17, 15) is 13.2 Å².